The lowest BCUT2D eigenvalue weighted by atomic mass is 10.1. The fourth-order valence-corrected chi connectivity index (χ4v) is 2.63. The highest BCUT2D eigenvalue weighted by Gasteiger charge is 2.13. The van der Waals surface area contributed by atoms with E-state index in [-0.39, 0.29) is 5.82 Å². The Morgan fingerprint density at radius 1 is 1.16 bits per heavy atom. The number of hydrogen-bond donors (Lipinski definition) is 1. The Kier molecular flexibility index (Phi) is 4.56. The summed E-state index contributed by atoms with van der Waals surface area (Å²) in [4.78, 5) is 2.12. The lowest BCUT2D eigenvalue weighted by molar-refractivity contribution is 0.628. The van der Waals surface area contributed by atoms with Crippen molar-refractivity contribution in [1.82, 2.24) is 0 Å². The third-order valence-electron chi connectivity index (χ3n) is 3.04. The first-order chi connectivity index (χ1) is 9.17. The van der Waals surface area contributed by atoms with Crippen LogP contribution in [0.4, 0.5) is 15.8 Å². The zero-order chi connectivity index (χ0) is 13.8. The average molecular weight is 323 g/mol. The first-order valence-corrected chi connectivity index (χ1v) is 6.97. The van der Waals surface area contributed by atoms with Crippen LogP contribution in [-0.4, -0.2) is 6.54 Å². The van der Waals surface area contributed by atoms with E-state index in [9.17, 15) is 4.39 Å². The molecule has 0 saturated carbocycles. The average Bonchev–Trinajstić information content (AvgIpc) is 2.42. The number of rotatable bonds is 4. The van der Waals surface area contributed by atoms with E-state index >= 15 is 0 Å². The number of halogens is 2. The molecule has 0 amide bonds. The molecule has 4 heteroatoms. The van der Waals surface area contributed by atoms with Gasteiger partial charge in [0.05, 0.1) is 0 Å². The Bertz CT molecular complexity index is 555. The molecule has 100 valence electrons. The monoisotopic (exact) mass is 322 g/mol. The Hall–Kier alpha value is -1.39. The van der Waals surface area contributed by atoms with Crippen LogP contribution in [0.25, 0.3) is 0 Å². The zero-order valence-electron chi connectivity index (χ0n) is 10.7. The lowest BCUT2D eigenvalue weighted by Gasteiger charge is -2.26. The molecule has 0 spiro atoms. The summed E-state index contributed by atoms with van der Waals surface area (Å²) in [7, 11) is 0. The van der Waals surface area contributed by atoms with Crippen molar-refractivity contribution in [3.63, 3.8) is 0 Å². The Morgan fingerprint density at radius 3 is 2.42 bits per heavy atom. The van der Waals surface area contributed by atoms with Gasteiger partial charge in [-0.25, -0.2) is 4.39 Å². The molecule has 2 N–H and O–H groups in total. The minimum atomic E-state index is -0.229. The van der Waals surface area contributed by atoms with Crippen LogP contribution in [0.3, 0.4) is 0 Å². The topological polar surface area (TPSA) is 29.3 Å². The highest BCUT2D eigenvalue weighted by molar-refractivity contribution is 9.10. The van der Waals surface area contributed by atoms with Crippen LogP contribution in [0.1, 0.15) is 12.5 Å². The number of anilines is 2. The predicted octanol–water partition coefficient (Wildman–Crippen LogP) is 4.20. The molecule has 0 saturated heterocycles. The second-order valence-corrected chi connectivity index (χ2v) is 5.02. The van der Waals surface area contributed by atoms with Crippen molar-refractivity contribution in [1.29, 1.82) is 0 Å². The van der Waals surface area contributed by atoms with Crippen molar-refractivity contribution < 1.29 is 4.39 Å². The first-order valence-electron chi connectivity index (χ1n) is 6.18. The molecule has 0 fully saturated rings. The molecule has 2 aromatic carbocycles. The quantitative estimate of drug-likeness (QED) is 0.913. The molecular formula is C15H16BrFN2. The summed E-state index contributed by atoms with van der Waals surface area (Å²) in [6, 6.07) is 12.5. The minimum Gasteiger partial charge on any atom is -0.341 e. The molecular weight excluding hydrogens is 307 g/mol. The van der Waals surface area contributed by atoms with Gasteiger partial charge in [0.15, 0.2) is 0 Å². The van der Waals surface area contributed by atoms with Gasteiger partial charge < -0.3 is 10.6 Å². The third-order valence-corrected chi connectivity index (χ3v) is 3.79. The Labute approximate surface area is 121 Å². The molecule has 0 aliphatic carbocycles. The van der Waals surface area contributed by atoms with Gasteiger partial charge in [-0.3, -0.25) is 0 Å². The van der Waals surface area contributed by atoms with E-state index in [1.807, 2.05) is 18.2 Å². The van der Waals surface area contributed by atoms with Crippen LogP contribution in [0.15, 0.2) is 46.9 Å². The fraction of sp³-hybridized carbons (Fsp3) is 0.200. The lowest BCUT2D eigenvalue weighted by Crippen LogP contribution is -2.18. The SMILES string of the molecule is CCN(c1ccc(F)cc1)c1cccc(Br)c1CN. The zero-order valence-corrected chi connectivity index (χ0v) is 12.3. The van der Waals surface area contributed by atoms with Crippen LogP contribution < -0.4 is 10.6 Å². The van der Waals surface area contributed by atoms with Crippen LogP contribution >= 0.6 is 15.9 Å². The van der Waals surface area contributed by atoms with Crippen LogP contribution in [0.5, 0.6) is 0 Å². The maximum atomic E-state index is 13.0. The second kappa shape index (κ2) is 6.17. The standard InChI is InChI=1S/C15H16BrFN2/c1-2-19(12-8-6-11(17)7-9-12)15-5-3-4-14(16)13(15)10-18/h3-9H,2,10,18H2,1H3. The fourth-order valence-electron chi connectivity index (χ4n) is 2.12. The second-order valence-electron chi connectivity index (χ2n) is 4.16. The van der Waals surface area contributed by atoms with E-state index in [0.29, 0.717) is 6.54 Å². The molecule has 19 heavy (non-hydrogen) atoms. The van der Waals surface area contributed by atoms with Gasteiger partial charge in [0.25, 0.3) is 0 Å². The molecule has 0 heterocycles. The van der Waals surface area contributed by atoms with E-state index in [1.165, 1.54) is 12.1 Å². The molecule has 0 unspecified atom stereocenters. The van der Waals surface area contributed by atoms with Crippen LogP contribution in [0, 0.1) is 5.82 Å². The maximum Gasteiger partial charge on any atom is 0.123 e. The Balaban J connectivity index is 2.48. The minimum absolute atomic E-state index is 0.229. The van der Waals surface area contributed by atoms with Crippen molar-refractivity contribution in [3.8, 4) is 0 Å². The molecule has 0 atom stereocenters. The van der Waals surface area contributed by atoms with Gasteiger partial charge >= 0.3 is 0 Å². The summed E-state index contributed by atoms with van der Waals surface area (Å²) in [6.07, 6.45) is 0. The summed E-state index contributed by atoms with van der Waals surface area (Å²) in [5, 5.41) is 0. The van der Waals surface area contributed by atoms with Gasteiger partial charge in [0, 0.05) is 34.5 Å². The van der Waals surface area contributed by atoms with Gasteiger partial charge in [-0.2, -0.15) is 0 Å². The molecule has 2 nitrogen and oxygen atoms in total. The van der Waals surface area contributed by atoms with E-state index < -0.39 is 0 Å². The van der Waals surface area contributed by atoms with E-state index in [4.69, 9.17) is 5.73 Å². The number of nitrogens with zero attached hydrogens (tertiary/aromatic N) is 1. The molecule has 0 aliphatic rings. The smallest absolute Gasteiger partial charge is 0.123 e. The first kappa shape index (κ1) is 14.0. The normalized spacial score (nSPS) is 10.5. The summed E-state index contributed by atoms with van der Waals surface area (Å²) in [6.45, 7) is 3.30. The predicted molar refractivity (Wildman–Crippen MR) is 81.1 cm³/mol. The van der Waals surface area contributed by atoms with Gasteiger partial charge in [-0.1, -0.05) is 22.0 Å². The molecule has 0 aromatic heterocycles. The highest BCUT2D eigenvalue weighted by atomic mass is 79.9. The van der Waals surface area contributed by atoms with E-state index in [0.717, 1.165) is 28.0 Å². The van der Waals surface area contributed by atoms with Gasteiger partial charge in [-0.05, 0) is 43.3 Å². The number of hydrogen-bond acceptors (Lipinski definition) is 2. The van der Waals surface area contributed by atoms with E-state index in [1.54, 1.807) is 12.1 Å². The van der Waals surface area contributed by atoms with Crippen LogP contribution in [0.2, 0.25) is 0 Å². The van der Waals surface area contributed by atoms with Crippen molar-refractivity contribution in [2.75, 3.05) is 11.4 Å². The molecule has 0 bridgehead atoms. The van der Waals surface area contributed by atoms with Crippen molar-refractivity contribution >= 4 is 27.3 Å². The van der Waals surface area contributed by atoms with Crippen LogP contribution in [-0.2, 0) is 6.54 Å². The van der Waals surface area contributed by atoms with Gasteiger partial charge in [-0.15, -0.1) is 0 Å². The summed E-state index contributed by atoms with van der Waals surface area (Å²) >= 11 is 3.52. The van der Waals surface area contributed by atoms with E-state index in [2.05, 4.69) is 27.8 Å². The molecule has 2 rings (SSSR count). The Morgan fingerprint density at radius 2 is 1.84 bits per heavy atom. The largest absolute Gasteiger partial charge is 0.341 e. The summed E-state index contributed by atoms with van der Waals surface area (Å²) in [5.74, 6) is -0.229. The third kappa shape index (κ3) is 2.96. The molecule has 0 aliphatic heterocycles. The van der Waals surface area contributed by atoms with Gasteiger partial charge in [0.1, 0.15) is 5.82 Å². The maximum absolute atomic E-state index is 13.0. The summed E-state index contributed by atoms with van der Waals surface area (Å²) < 4.78 is 14.0. The van der Waals surface area contributed by atoms with Gasteiger partial charge in [0.2, 0.25) is 0 Å². The number of benzene rings is 2. The van der Waals surface area contributed by atoms with Crippen molar-refractivity contribution in [2.24, 2.45) is 5.73 Å². The molecule has 0 radical (unpaired) electrons. The molecule has 2 aromatic rings. The number of nitrogens with two attached hydrogens (primary N) is 1. The van der Waals surface area contributed by atoms with Crippen molar-refractivity contribution in [3.05, 3.63) is 58.3 Å². The van der Waals surface area contributed by atoms with Crippen molar-refractivity contribution in [2.45, 2.75) is 13.5 Å². The summed E-state index contributed by atoms with van der Waals surface area (Å²) in [5.41, 5.74) is 8.88. The highest BCUT2D eigenvalue weighted by Crippen LogP contribution is 2.32.